The third kappa shape index (κ3) is 3.50. The molecule has 1 heterocycles. The Labute approximate surface area is 119 Å². The number of nitrogens with zero attached hydrogens (tertiary/aromatic N) is 1. The number of ether oxygens (including phenoxy) is 2. The lowest BCUT2D eigenvalue weighted by atomic mass is 10.2. The first-order valence-corrected chi connectivity index (χ1v) is 7.10. The van der Waals surface area contributed by atoms with E-state index in [1.807, 2.05) is 38.2 Å². The molecule has 0 saturated heterocycles. The fourth-order valence-corrected chi connectivity index (χ4v) is 2.50. The molecular weight excluding hydrogens is 262 g/mol. The van der Waals surface area contributed by atoms with Crippen LogP contribution in [0.2, 0.25) is 5.02 Å². The van der Waals surface area contributed by atoms with Crippen LogP contribution in [0.4, 0.5) is 0 Å². The van der Waals surface area contributed by atoms with Crippen molar-refractivity contribution in [2.75, 3.05) is 13.2 Å². The van der Waals surface area contributed by atoms with Gasteiger partial charge in [-0.25, -0.2) is 0 Å². The number of benzene rings is 1. The zero-order valence-electron chi connectivity index (χ0n) is 11.4. The quantitative estimate of drug-likeness (QED) is 0.714. The molecule has 0 amide bonds. The van der Waals surface area contributed by atoms with Crippen LogP contribution in [0.5, 0.6) is 0 Å². The minimum atomic E-state index is -0.144. The molecule has 0 aliphatic heterocycles. The Balaban J connectivity index is 2.08. The highest BCUT2D eigenvalue weighted by atomic mass is 35.5. The largest absolute Gasteiger partial charge is 0.353 e. The number of aryl methyl sites for hydroxylation is 1. The maximum atomic E-state index is 6.23. The highest BCUT2D eigenvalue weighted by Gasteiger charge is 2.10. The minimum Gasteiger partial charge on any atom is -0.353 e. The lowest BCUT2D eigenvalue weighted by Gasteiger charge is -2.17. The van der Waals surface area contributed by atoms with E-state index in [1.165, 1.54) is 0 Å². The van der Waals surface area contributed by atoms with E-state index in [2.05, 4.69) is 10.6 Å². The monoisotopic (exact) mass is 281 g/mol. The molecule has 0 spiro atoms. The van der Waals surface area contributed by atoms with Crippen molar-refractivity contribution in [2.45, 2.75) is 33.1 Å². The van der Waals surface area contributed by atoms with E-state index >= 15 is 0 Å². The number of hydrogen-bond donors (Lipinski definition) is 0. The molecule has 0 saturated carbocycles. The van der Waals surface area contributed by atoms with Gasteiger partial charge in [0.05, 0.1) is 5.02 Å². The van der Waals surface area contributed by atoms with Crippen LogP contribution in [-0.4, -0.2) is 24.1 Å². The third-order valence-electron chi connectivity index (χ3n) is 3.05. The Morgan fingerprint density at radius 3 is 2.53 bits per heavy atom. The molecule has 1 aromatic heterocycles. The van der Waals surface area contributed by atoms with Gasteiger partial charge in [0.1, 0.15) is 0 Å². The van der Waals surface area contributed by atoms with E-state index in [-0.39, 0.29) is 6.29 Å². The van der Waals surface area contributed by atoms with Crippen LogP contribution < -0.4 is 0 Å². The van der Waals surface area contributed by atoms with Gasteiger partial charge in [-0.2, -0.15) is 0 Å². The summed E-state index contributed by atoms with van der Waals surface area (Å²) in [6.07, 6.45) is 2.65. The van der Waals surface area contributed by atoms with Gasteiger partial charge in [0.2, 0.25) is 0 Å². The molecule has 104 valence electrons. The maximum Gasteiger partial charge on any atom is 0.159 e. The number of hydrogen-bond acceptors (Lipinski definition) is 2. The molecule has 0 unspecified atom stereocenters. The van der Waals surface area contributed by atoms with E-state index in [0.29, 0.717) is 13.2 Å². The molecule has 0 aliphatic rings. The van der Waals surface area contributed by atoms with Gasteiger partial charge in [0.15, 0.2) is 6.29 Å². The maximum absolute atomic E-state index is 6.23. The van der Waals surface area contributed by atoms with Crippen LogP contribution >= 0.6 is 11.6 Å². The van der Waals surface area contributed by atoms with Crippen molar-refractivity contribution in [3.63, 3.8) is 0 Å². The van der Waals surface area contributed by atoms with Crippen molar-refractivity contribution >= 4 is 22.5 Å². The summed E-state index contributed by atoms with van der Waals surface area (Å²) in [5.41, 5.74) is 1.15. The van der Waals surface area contributed by atoms with Crippen molar-refractivity contribution in [1.29, 1.82) is 0 Å². The second-order valence-corrected chi connectivity index (χ2v) is 4.72. The fraction of sp³-hybridized carbons (Fsp3) is 0.467. The first-order valence-electron chi connectivity index (χ1n) is 6.72. The number of rotatable bonds is 7. The van der Waals surface area contributed by atoms with Crippen LogP contribution in [0.25, 0.3) is 10.9 Å². The number of para-hydroxylation sites is 1. The van der Waals surface area contributed by atoms with E-state index < -0.39 is 0 Å². The molecule has 0 bridgehead atoms. The number of fused-ring (bicyclic) bond motifs is 1. The molecule has 0 aliphatic carbocycles. The summed E-state index contributed by atoms with van der Waals surface area (Å²) in [5.74, 6) is 0. The fourth-order valence-electron chi connectivity index (χ4n) is 2.22. The topological polar surface area (TPSA) is 23.4 Å². The second kappa shape index (κ2) is 6.94. The van der Waals surface area contributed by atoms with Gasteiger partial charge in [-0.3, -0.25) is 0 Å². The van der Waals surface area contributed by atoms with E-state index in [9.17, 15) is 0 Å². The Bertz CT molecular complexity index is 518. The summed E-state index contributed by atoms with van der Waals surface area (Å²) in [6.45, 7) is 6.12. The Morgan fingerprint density at radius 2 is 1.84 bits per heavy atom. The SMILES string of the molecule is CCOC(CCn1cc(Cl)c2ccccc21)OCC. The lowest BCUT2D eigenvalue weighted by Crippen LogP contribution is -2.19. The smallest absolute Gasteiger partial charge is 0.159 e. The minimum absolute atomic E-state index is 0.144. The van der Waals surface area contributed by atoms with Crippen molar-refractivity contribution in [1.82, 2.24) is 4.57 Å². The molecular formula is C15H20ClNO2. The molecule has 0 radical (unpaired) electrons. The molecule has 3 nitrogen and oxygen atoms in total. The van der Waals surface area contributed by atoms with Gasteiger partial charge in [-0.15, -0.1) is 0 Å². The van der Waals surface area contributed by atoms with Gasteiger partial charge < -0.3 is 14.0 Å². The molecule has 0 atom stereocenters. The zero-order chi connectivity index (χ0) is 13.7. The number of aromatic nitrogens is 1. The summed E-state index contributed by atoms with van der Waals surface area (Å²) in [7, 11) is 0. The van der Waals surface area contributed by atoms with Crippen molar-refractivity contribution in [3.8, 4) is 0 Å². The van der Waals surface area contributed by atoms with Gasteiger partial charge >= 0.3 is 0 Å². The van der Waals surface area contributed by atoms with Gasteiger partial charge in [-0.05, 0) is 19.9 Å². The van der Waals surface area contributed by atoms with Crippen molar-refractivity contribution < 1.29 is 9.47 Å². The number of halogens is 1. The average molecular weight is 282 g/mol. The highest BCUT2D eigenvalue weighted by Crippen LogP contribution is 2.25. The van der Waals surface area contributed by atoms with Gasteiger partial charge in [0.25, 0.3) is 0 Å². The normalized spacial score (nSPS) is 11.6. The van der Waals surface area contributed by atoms with Crippen molar-refractivity contribution in [3.05, 3.63) is 35.5 Å². The first kappa shape index (κ1) is 14.4. The summed E-state index contributed by atoms with van der Waals surface area (Å²) >= 11 is 6.23. The second-order valence-electron chi connectivity index (χ2n) is 4.32. The van der Waals surface area contributed by atoms with E-state index in [0.717, 1.165) is 28.9 Å². The van der Waals surface area contributed by atoms with Crippen LogP contribution in [0.15, 0.2) is 30.5 Å². The Morgan fingerprint density at radius 1 is 1.16 bits per heavy atom. The van der Waals surface area contributed by atoms with Crippen LogP contribution in [0, 0.1) is 0 Å². The lowest BCUT2D eigenvalue weighted by molar-refractivity contribution is -0.140. The third-order valence-corrected chi connectivity index (χ3v) is 3.35. The van der Waals surface area contributed by atoms with E-state index in [1.54, 1.807) is 0 Å². The molecule has 4 heteroatoms. The van der Waals surface area contributed by atoms with Gasteiger partial charge in [0, 0.05) is 43.3 Å². The van der Waals surface area contributed by atoms with Crippen LogP contribution in [0.1, 0.15) is 20.3 Å². The molecule has 2 aromatic rings. The predicted octanol–water partition coefficient (Wildman–Crippen LogP) is 4.08. The molecule has 19 heavy (non-hydrogen) atoms. The summed E-state index contributed by atoms with van der Waals surface area (Å²) < 4.78 is 13.3. The first-order chi connectivity index (χ1) is 9.26. The summed E-state index contributed by atoms with van der Waals surface area (Å²) in [6, 6.07) is 8.15. The zero-order valence-corrected chi connectivity index (χ0v) is 12.2. The molecule has 0 N–H and O–H groups in total. The van der Waals surface area contributed by atoms with E-state index in [4.69, 9.17) is 21.1 Å². The predicted molar refractivity (Wildman–Crippen MR) is 78.6 cm³/mol. The van der Waals surface area contributed by atoms with Gasteiger partial charge in [-0.1, -0.05) is 29.8 Å². The molecule has 1 aromatic carbocycles. The Kier molecular flexibility index (Phi) is 5.25. The molecule has 0 fully saturated rings. The van der Waals surface area contributed by atoms with Crippen molar-refractivity contribution in [2.24, 2.45) is 0 Å². The van der Waals surface area contributed by atoms with Crippen LogP contribution in [-0.2, 0) is 16.0 Å². The average Bonchev–Trinajstić information content (AvgIpc) is 2.74. The Hall–Kier alpha value is -1.03. The summed E-state index contributed by atoms with van der Waals surface area (Å²) in [4.78, 5) is 0. The summed E-state index contributed by atoms with van der Waals surface area (Å²) in [5, 5.41) is 1.88. The molecule has 2 rings (SSSR count). The van der Waals surface area contributed by atoms with Crippen LogP contribution in [0.3, 0.4) is 0 Å². The highest BCUT2D eigenvalue weighted by molar-refractivity contribution is 6.35. The standard InChI is InChI=1S/C15H20ClNO2/c1-3-18-15(19-4-2)9-10-17-11-13(16)12-7-5-6-8-14(12)17/h5-8,11,15H,3-4,9-10H2,1-2H3.